The first-order valence-electron chi connectivity index (χ1n) is 8.54. The van der Waals surface area contributed by atoms with Gasteiger partial charge in [0.05, 0.1) is 11.2 Å². The van der Waals surface area contributed by atoms with E-state index in [1.54, 1.807) is 28.5 Å². The Hall–Kier alpha value is -2.19. The SMILES string of the molecule is CS/C=C/C(=O)N[C@]12C[C@H]1CN(C(=O)c1cc(-c3ccc(F)cc3)ns1)C2. The van der Waals surface area contributed by atoms with Crippen molar-refractivity contribution in [2.24, 2.45) is 5.92 Å². The van der Waals surface area contributed by atoms with Crippen molar-refractivity contribution in [2.75, 3.05) is 19.3 Å². The molecule has 1 aliphatic heterocycles. The Morgan fingerprint density at radius 3 is 2.93 bits per heavy atom. The van der Waals surface area contributed by atoms with E-state index >= 15 is 0 Å². The number of carbonyl (C=O) groups is 2. The molecular weight excluding hydrogens is 385 g/mol. The number of nitrogens with one attached hydrogen (secondary N) is 1. The standard InChI is InChI=1S/C19H18FN3O2S2/c1-26-7-6-17(24)21-19-9-13(19)10-23(11-19)18(25)16-8-15(22-27-16)12-2-4-14(20)5-3-12/h2-8,13H,9-11H2,1H3,(H,21,24)/b7-6+/t13-,19-/m0/s1. The lowest BCUT2D eigenvalue weighted by atomic mass is 10.1. The summed E-state index contributed by atoms with van der Waals surface area (Å²) in [5, 5.41) is 4.80. The summed E-state index contributed by atoms with van der Waals surface area (Å²) in [6.45, 7) is 1.17. The second-order valence-electron chi connectivity index (χ2n) is 6.85. The molecule has 2 amide bonds. The third-order valence-corrected chi connectivity index (χ3v) is 6.21. The van der Waals surface area contributed by atoms with Crippen molar-refractivity contribution in [3.63, 3.8) is 0 Å². The van der Waals surface area contributed by atoms with E-state index in [0.29, 0.717) is 29.6 Å². The van der Waals surface area contributed by atoms with E-state index in [9.17, 15) is 14.0 Å². The summed E-state index contributed by atoms with van der Waals surface area (Å²) in [5.74, 6) is -0.169. The van der Waals surface area contributed by atoms with Crippen LogP contribution in [0.2, 0.25) is 0 Å². The molecule has 4 rings (SSSR count). The van der Waals surface area contributed by atoms with Gasteiger partial charge in [0.2, 0.25) is 5.91 Å². The van der Waals surface area contributed by atoms with Gasteiger partial charge in [-0.25, -0.2) is 4.39 Å². The maximum Gasteiger partial charge on any atom is 0.265 e. The van der Waals surface area contributed by atoms with Gasteiger partial charge in [-0.3, -0.25) is 9.59 Å². The third kappa shape index (κ3) is 3.64. The molecule has 1 saturated carbocycles. The number of rotatable bonds is 5. The molecule has 0 spiro atoms. The molecule has 1 aromatic carbocycles. The highest BCUT2D eigenvalue weighted by Crippen LogP contribution is 2.49. The molecular formula is C19H18FN3O2S2. The van der Waals surface area contributed by atoms with Gasteiger partial charge < -0.3 is 10.2 Å². The van der Waals surface area contributed by atoms with Crippen molar-refractivity contribution in [1.82, 2.24) is 14.6 Å². The van der Waals surface area contributed by atoms with E-state index in [1.165, 1.54) is 30.0 Å². The molecule has 0 radical (unpaired) electrons. The first kappa shape index (κ1) is 18.2. The zero-order valence-corrected chi connectivity index (χ0v) is 16.3. The number of halogens is 1. The number of fused-ring (bicyclic) bond motifs is 1. The predicted molar refractivity (Wildman–Crippen MR) is 105 cm³/mol. The summed E-state index contributed by atoms with van der Waals surface area (Å²) in [5.41, 5.74) is 1.16. The van der Waals surface area contributed by atoms with Gasteiger partial charge in [0, 0.05) is 30.6 Å². The highest BCUT2D eigenvalue weighted by atomic mass is 32.2. The molecule has 140 valence electrons. The van der Waals surface area contributed by atoms with Crippen molar-refractivity contribution < 1.29 is 14.0 Å². The molecule has 2 fully saturated rings. The van der Waals surface area contributed by atoms with E-state index in [1.807, 2.05) is 6.26 Å². The van der Waals surface area contributed by atoms with Gasteiger partial charge in [0.1, 0.15) is 10.7 Å². The van der Waals surface area contributed by atoms with Crippen LogP contribution in [-0.4, -0.2) is 46.0 Å². The Kier molecular flexibility index (Phi) is 4.77. The Bertz CT molecular complexity index is 912. The lowest BCUT2D eigenvalue weighted by Crippen LogP contribution is -2.42. The molecule has 2 atom stereocenters. The predicted octanol–water partition coefficient (Wildman–Crippen LogP) is 3.16. The molecule has 2 aromatic rings. The first-order chi connectivity index (χ1) is 13.0. The van der Waals surface area contributed by atoms with Gasteiger partial charge in [0.25, 0.3) is 5.91 Å². The molecule has 5 nitrogen and oxygen atoms in total. The van der Waals surface area contributed by atoms with Gasteiger partial charge in [-0.2, -0.15) is 4.37 Å². The van der Waals surface area contributed by atoms with Crippen LogP contribution in [0, 0.1) is 11.7 Å². The first-order valence-corrected chi connectivity index (χ1v) is 10.6. The number of amides is 2. The van der Waals surface area contributed by atoms with Crippen molar-refractivity contribution in [2.45, 2.75) is 12.0 Å². The van der Waals surface area contributed by atoms with Gasteiger partial charge in [0.15, 0.2) is 0 Å². The van der Waals surface area contributed by atoms with Crippen molar-refractivity contribution in [3.05, 3.63) is 52.5 Å². The summed E-state index contributed by atoms with van der Waals surface area (Å²) in [7, 11) is 0. The Labute approximate surface area is 164 Å². The molecule has 27 heavy (non-hydrogen) atoms. The minimum Gasteiger partial charge on any atom is -0.345 e. The van der Waals surface area contributed by atoms with Crippen molar-refractivity contribution in [3.8, 4) is 11.3 Å². The van der Waals surface area contributed by atoms with Crippen LogP contribution in [0.3, 0.4) is 0 Å². The van der Waals surface area contributed by atoms with Gasteiger partial charge in [-0.1, -0.05) is 0 Å². The molecule has 2 aliphatic rings. The second-order valence-corrected chi connectivity index (χ2v) is 8.40. The summed E-state index contributed by atoms with van der Waals surface area (Å²) in [4.78, 5) is 27.1. The van der Waals surface area contributed by atoms with Crippen LogP contribution in [-0.2, 0) is 4.79 Å². The van der Waals surface area contributed by atoms with Crippen LogP contribution in [0.15, 0.2) is 41.8 Å². The average Bonchev–Trinajstić information content (AvgIpc) is 3.02. The minimum atomic E-state index is -0.304. The molecule has 0 bridgehead atoms. The molecule has 8 heteroatoms. The number of carbonyl (C=O) groups excluding carboxylic acids is 2. The molecule has 1 aromatic heterocycles. The fraction of sp³-hybridized carbons (Fsp3) is 0.316. The summed E-state index contributed by atoms with van der Waals surface area (Å²) in [6, 6.07) is 7.80. The fourth-order valence-corrected chi connectivity index (χ4v) is 4.52. The van der Waals surface area contributed by atoms with E-state index in [-0.39, 0.29) is 23.2 Å². The molecule has 2 heterocycles. The normalized spacial score (nSPS) is 23.5. The number of piperidine rings is 1. The van der Waals surface area contributed by atoms with Crippen LogP contribution < -0.4 is 5.32 Å². The maximum absolute atomic E-state index is 13.1. The van der Waals surface area contributed by atoms with E-state index in [4.69, 9.17) is 0 Å². The van der Waals surface area contributed by atoms with Crippen LogP contribution in [0.1, 0.15) is 16.1 Å². The lowest BCUT2D eigenvalue weighted by molar-refractivity contribution is -0.117. The molecule has 1 aliphatic carbocycles. The zero-order chi connectivity index (χ0) is 19.0. The number of nitrogens with zero attached hydrogens (tertiary/aromatic N) is 2. The van der Waals surface area contributed by atoms with Crippen LogP contribution in [0.4, 0.5) is 4.39 Å². The van der Waals surface area contributed by atoms with E-state index in [2.05, 4.69) is 9.69 Å². The minimum absolute atomic E-state index is 0.0682. The second kappa shape index (κ2) is 7.09. The molecule has 0 unspecified atom stereocenters. The quantitative estimate of drug-likeness (QED) is 0.779. The van der Waals surface area contributed by atoms with E-state index < -0.39 is 0 Å². The van der Waals surface area contributed by atoms with Crippen LogP contribution >= 0.6 is 23.3 Å². The number of hydrogen-bond acceptors (Lipinski definition) is 5. The smallest absolute Gasteiger partial charge is 0.265 e. The number of likely N-dealkylation sites (tertiary alicyclic amines) is 1. The number of benzene rings is 1. The summed E-state index contributed by atoms with van der Waals surface area (Å²) >= 11 is 2.62. The Morgan fingerprint density at radius 1 is 1.41 bits per heavy atom. The summed E-state index contributed by atoms with van der Waals surface area (Å²) < 4.78 is 17.4. The van der Waals surface area contributed by atoms with Crippen LogP contribution in [0.5, 0.6) is 0 Å². The number of thioether (sulfide) groups is 1. The third-order valence-electron chi connectivity index (χ3n) is 5.02. The van der Waals surface area contributed by atoms with Gasteiger partial charge in [-0.05, 0) is 59.9 Å². The van der Waals surface area contributed by atoms with E-state index in [0.717, 1.165) is 23.5 Å². The number of hydrogen-bond donors (Lipinski definition) is 1. The zero-order valence-electron chi connectivity index (χ0n) is 14.6. The number of aromatic nitrogens is 1. The molecule has 1 N–H and O–H groups in total. The highest BCUT2D eigenvalue weighted by Gasteiger charge is 2.61. The lowest BCUT2D eigenvalue weighted by Gasteiger charge is -2.20. The van der Waals surface area contributed by atoms with Crippen LogP contribution in [0.25, 0.3) is 11.3 Å². The fourth-order valence-electron chi connectivity index (χ4n) is 3.54. The maximum atomic E-state index is 13.1. The van der Waals surface area contributed by atoms with Gasteiger partial charge >= 0.3 is 0 Å². The summed E-state index contributed by atoms with van der Waals surface area (Å²) in [6.07, 6.45) is 4.34. The van der Waals surface area contributed by atoms with Crippen molar-refractivity contribution >= 4 is 35.1 Å². The average molecular weight is 404 g/mol. The van der Waals surface area contributed by atoms with Gasteiger partial charge in [-0.15, -0.1) is 11.8 Å². The monoisotopic (exact) mass is 403 g/mol. The Morgan fingerprint density at radius 2 is 2.19 bits per heavy atom. The van der Waals surface area contributed by atoms with Crippen molar-refractivity contribution in [1.29, 1.82) is 0 Å². The highest BCUT2D eigenvalue weighted by molar-refractivity contribution is 8.01. The molecule has 1 saturated heterocycles. The topological polar surface area (TPSA) is 62.3 Å². The Balaban J connectivity index is 1.42. The largest absolute Gasteiger partial charge is 0.345 e.